The van der Waals surface area contributed by atoms with E-state index in [-0.39, 0.29) is 24.5 Å². The van der Waals surface area contributed by atoms with Crippen LogP contribution in [0.5, 0.6) is 5.75 Å². The van der Waals surface area contributed by atoms with Crippen molar-refractivity contribution in [2.45, 2.75) is 6.18 Å². The molecule has 0 unspecified atom stereocenters. The number of nitrogens with two attached hydrogens (primary N) is 1. The first-order valence-corrected chi connectivity index (χ1v) is 5.16. The summed E-state index contributed by atoms with van der Waals surface area (Å²) < 4.78 is 43.2. The van der Waals surface area contributed by atoms with Gasteiger partial charge in [0.15, 0.2) is 0 Å². The normalized spacial score (nSPS) is 11.2. The van der Waals surface area contributed by atoms with Crippen LogP contribution in [0.25, 0.3) is 0 Å². The molecular weight excluding hydrogens is 249 g/mol. The number of alkyl halides is 3. The maximum Gasteiger partial charge on any atom is 0.419 e. The van der Waals surface area contributed by atoms with E-state index in [0.29, 0.717) is 0 Å². The molecule has 0 saturated carbocycles. The number of hydrogen-bond donors (Lipinski definition) is 2. The first kappa shape index (κ1) is 14.3. The van der Waals surface area contributed by atoms with Gasteiger partial charge in [-0.05, 0) is 18.2 Å². The molecule has 0 aliphatic heterocycles. The number of ether oxygens (including phenoxy) is 1. The van der Waals surface area contributed by atoms with E-state index < -0.39 is 17.6 Å². The molecule has 4 nitrogen and oxygen atoms in total. The summed E-state index contributed by atoms with van der Waals surface area (Å²) in [5.74, 6) is -0.925. The average Bonchev–Trinajstić information content (AvgIpc) is 2.34. The van der Waals surface area contributed by atoms with Gasteiger partial charge in [0.25, 0.3) is 5.91 Å². The van der Waals surface area contributed by atoms with Crippen LogP contribution in [0.4, 0.5) is 13.2 Å². The predicted octanol–water partition coefficient (Wildman–Crippen LogP) is 1.40. The van der Waals surface area contributed by atoms with Crippen molar-refractivity contribution in [3.05, 3.63) is 29.3 Å². The summed E-state index contributed by atoms with van der Waals surface area (Å²) in [6.45, 7) is 0.0803. The maximum atomic E-state index is 12.8. The van der Waals surface area contributed by atoms with Crippen LogP contribution < -0.4 is 15.8 Å². The minimum Gasteiger partial charge on any atom is -0.492 e. The Kier molecular flexibility index (Phi) is 4.55. The smallest absolute Gasteiger partial charge is 0.419 e. The van der Waals surface area contributed by atoms with Crippen LogP contribution in [-0.4, -0.2) is 26.1 Å². The molecule has 0 fully saturated rings. The van der Waals surface area contributed by atoms with Gasteiger partial charge in [-0.1, -0.05) is 0 Å². The lowest BCUT2D eigenvalue weighted by molar-refractivity contribution is -0.138. The van der Waals surface area contributed by atoms with E-state index in [2.05, 4.69) is 5.32 Å². The molecule has 0 bridgehead atoms. The molecule has 0 atom stereocenters. The molecule has 1 aromatic carbocycles. The van der Waals surface area contributed by atoms with Crippen LogP contribution in [-0.2, 0) is 6.18 Å². The zero-order valence-electron chi connectivity index (χ0n) is 9.67. The van der Waals surface area contributed by atoms with E-state index in [4.69, 9.17) is 10.5 Å². The average molecular weight is 262 g/mol. The summed E-state index contributed by atoms with van der Waals surface area (Å²) in [5, 5.41) is 2.26. The minimum absolute atomic E-state index is 0.0254. The Hall–Kier alpha value is -1.76. The molecule has 1 rings (SSSR count). The molecule has 0 heterocycles. The molecule has 18 heavy (non-hydrogen) atoms. The van der Waals surface area contributed by atoms with Crippen molar-refractivity contribution in [2.75, 3.05) is 20.2 Å². The number of rotatable bonds is 4. The van der Waals surface area contributed by atoms with E-state index in [1.165, 1.54) is 13.1 Å². The fraction of sp³-hybridized carbons (Fsp3) is 0.364. The second kappa shape index (κ2) is 5.72. The summed E-state index contributed by atoms with van der Waals surface area (Å²) in [6, 6.07) is 3.13. The monoisotopic (exact) mass is 262 g/mol. The molecular formula is C11H13F3N2O2. The van der Waals surface area contributed by atoms with Crippen molar-refractivity contribution in [3.8, 4) is 5.75 Å². The van der Waals surface area contributed by atoms with Crippen molar-refractivity contribution in [2.24, 2.45) is 5.73 Å². The standard InChI is InChI=1S/C11H13F3N2O2/c1-16-10(17)7-2-3-9(18-5-4-15)8(6-7)11(12,13)14/h2-3,6H,4-5,15H2,1H3,(H,16,17). The number of carbonyl (C=O) groups is 1. The number of hydrogen-bond acceptors (Lipinski definition) is 3. The van der Waals surface area contributed by atoms with Gasteiger partial charge in [0.2, 0.25) is 0 Å². The van der Waals surface area contributed by atoms with Gasteiger partial charge < -0.3 is 15.8 Å². The lowest BCUT2D eigenvalue weighted by atomic mass is 10.1. The van der Waals surface area contributed by atoms with Crippen molar-refractivity contribution < 1.29 is 22.7 Å². The van der Waals surface area contributed by atoms with Crippen LogP contribution in [0.15, 0.2) is 18.2 Å². The molecule has 0 radical (unpaired) electrons. The highest BCUT2D eigenvalue weighted by Gasteiger charge is 2.35. The van der Waals surface area contributed by atoms with Gasteiger partial charge in [-0.15, -0.1) is 0 Å². The van der Waals surface area contributed by atoms with Crippen molar-refractivity contribution in [1.29, 1.82) is 0 Å². The first-order valence-electron chi connectivity index (χ1n) is 5.16. The van der Waals surface area contributed by atoms with Crippen molar-refractivity contribution >= 4 is 5.91 Å². The van der Waals surface area contributed by atoms with Crippen molar-refractivity contribution in [1.82, 2.24) is 5.32 Å². The van der Waals surface area contributed by atoms with E-state index in [9.17, 15) is 18.0 Å². The Morgan fingerprint density at radius 2 is 2.11 bits per heavy atom. The predicted molar refractivity (Wildman–Crippen MR) is 59.4 cm³/mol. The zero-order valence-corrected chi connectivity index (χ0v) is 9.67. The van der Waals surface area contributed by atoms with E-state index >= 15 is 0 Å². The fourth-order valence-electron chi connectivity index (χ4n) is 1.33. The van der Waals surface area contributed by atoms with Gasteiger partial charge in [-0.2, -0.15) is 13.2 Å². The Balaban J connectivity index is 3.16. The van der Waals surface area contributed by atoms with Crippen LogP contribution in [0.1, 0.15) is 15.9 Å². The Bertz CT molecular complexity index is 433. The second-order valence-corrected chi connectivity index (χ2v) is 3.42. The van der Waals surface area contributed by atoms with Crippen molar-refractivity contribution in [3.63, 3.8) is 0 Å². The van der Waals surface area contributed by atoms with Gasteiger partial charge in [0, 0.05) is 19.2 Å². The quantitative estimate of drug-likeness (QED) is 0.862. The highest BCUT2D eigenvalue weighted by molar-refractivity contribution is 5.94. The molecule has 0 saturated heterocycles. The SMILES string of the molecule is CNC(=O)c1ccc(OCCN)c(C(F)(F)F)c1. The summed E-state index contributed by atoms with van der Waals surface area (Å²) >= 11 is 0. The highest BCUT2D eigenvalue weighted by atomic mass is 19.4. The largest absolute Gasteiger partial charge is 0.492 e. The summed E-state index contributed by atoms with van der Waals surface area (Å²) in [6.07, 6.45) is -4.59. The first-order chi connectivity index (χ1) is 8.40. The molecule has 3 N–H and O–H groups in total. The summed E-state index contributed by atoms with van der Waals surface area (Å²) in [4.78, 5) is 11.3. The molecule has 0 aliphatic carbocycles. The molecule has 0 aromatic heterocycles. The number of carbonyl (C=O) groups excluding carboxylic acids is 1. The number of halogens is 3. The third-order valence-electron chi connectivity index (χ3n) is 2.15. The highest BCUT2D eigenvalue weighted by Crippen LogP contribution is 2.36. The van der Waals surface area contributed by atoms with Gasteiger partial charge in [-0.25, -0.2) is 0 Å². The fourth-order valence-corrected chi connectivity index (χ4v) is 1.33. The van der Waals surface area contributed by atoms with Crippen LogP contribution >= 0.6 is 0 Å². The second-order valence-electron chi connectivity index (χ2n) is 3.42. The molecule has 7 heteroatoms. The van der Waals surface area contributed by atoms with Gasteiger partial charge in [0.05, 0.1) is 5.56 Å². The topological polar surface area (TPSA) is 64.3 Å². The minimum atomic E-state index is -4.59. The van der Waals surface area contributed by atoms with E-state index in [0.717, 1.165) is 12.1 Å². The van der Waals surface area contributed by atoms with Crippen LogP contribution in [0, 0.1) is 0 Å². The number of amides is 1. The van der Waals surface area contributed by atoms with Gasteiger partial charge in [-0.3, -0.25) is 4.79 Å². The molecule has 1 aromatic rings. The maximum absolute atomic E-state index is 12.8. The van der Waals surface area contributed by atoms with Crippen LogP contribution in [0.2, 0.25) is 0 Å². The third-order valence-corrected chi connectivity index (χ3v) is 2.15. The molecule has 100 valence electrons. The lowest BCUT2D eigenvalue weighted by Gasteiger charge is -2.14. The Morgan fingerprint density at radius 3 is 2.61 bits per heavy atom. The summed E-state index contributed by atoms with van der Waals surface area (Å²) in [5.41, 5.74) is 4.10. The Labute approximate surface area is 102 Å². The molecule has 0 spiro atoms. The van der Waals surface area contributed by atoms with E-state index in [1.807, 2.05) is 0 Å². The molecule has 0 aliphatic rings. The number of benzene rings is 1. The third kappa shape index (κ3) is 3.36. The number of nitrogens with one attached hydrogen (secondary N) is 1. The molecule has 1 amide bonds. The Morgan fingerprint density at radius 1 is 1.44 bits per heavy atom. The van der Waals surface area contributed by atoms with Crippen LogP contribution in [0.3, 0.4) is 0 Å². The van der Waals surface area contributed by atoms with Gasteiger partial charge in [0.1, 0.15) is 12.4 Å². The van der Waals surface area contributed by atoms with E-state index in [1.54, 1.807) is 0 Å². The summed E-state index contributed by atoms with van der Waals surface area (Å²) in [7, 11) is 1.34. The van der Waals surface area contributed by atoms with Gasteiger partial charge >= 0.3 is 6.18 Å². The lowest BCUT2D eigenvalue weighted by Crippen LogP contribution is -2.20. The zero-order chi connectivity index (χ0) is 13.8.